The lowest BCUT2D eigenvalue weighted by atomic mass is 10.0. The summed E-state index contributed by atoms with van der Waals surface area (Å²) in [6.07, 6.45) is 0. The molecule has 0 amide bonds. The van der Waals surface area contributed by atoms with Gasteiger partial charge in [0.25, 0.3) is 0 Å². The van der Waals surface area contributed by atoms with Crippen LogP contribution >= 0.6 is 11.8 Å². The number of benzene rings is 8. The van der Waals surface area contributed by atoms with Crippen molar-refractivity contribution in [1.29, 1.82) is 10.5 Å². The van der Waals surface area contributed by atoms with Crippen molar-refractivity contribution in [3.05, 3.63) is 187 Å². The fourth-order valence-electron chi connectivity index (χ4n) is 8.67. The Balaban J connectivity index is 1.31. The van der Waals surface area contributed by atoms with E-state index in [-0.39, 0.29) is 0 Å². The van der Waals surface area contributed by atoms with Gasteiger partial charge in [-0.25, -0.2) is 0 Å². The number of fused-ring (bicyclic) bond motifs is 12. The molecule has 11 rings (SSSR count). The molecule has 6 heteroatoms. The zero-order chi connectivity index (χ0) is 37.3. The lowest BCUT2D eigenvalue weighted by Gasteiger charge is -2.14. The normalized spacial score (nSPS) is 11.6. The smallest absolute Gasteiger partial charge is 0.100 e. The van der Waals surface area contributed by atoms with Crippen LogP contribution in [0.3, 0.4) is 0 Å². The molecule has 0 saturated heterocycles. The molecule has 0 aliphatic rings. The number of nitriles is 2. The number of hydrogen-bond donors (Lipinski definition) is 0. The molecule has 11 aromatic rings. The average molecular weight is 732 g/mol. The third-order valence-corrected chi connectivity index (χ3v) is 12.0. The molecule has 0 N–H and O–H groups in total. The molecule has 5 nitrogen and oxygen atoms in total. The Hall–Kier alpha value is -7.51. The molecular weight excluding hydrogens is 703 g/mol. The molecular formula is C50H29N5S. The molecule has 3 aromatic heterocycles. The molecule has 260 valence electrons. The SMILES string of the molecule is N#Cc1ccc(Sc2ccc(-n3c4ccccc4c4c5c(c6ccccc6n5-c5ccccc5)c5c(c6ccccc6n5-c5ccccc5)c43)cc2)c(C#N)c1. The van der Waals surface area contributed by atoms with Gasteiger partial charge in [-0.1, -0.05) is 103 Å². The fourth-order valence-corrected chi connectivity index (χ4v) is 9.55. The summed E-state index contributed by atoms with van der Waals surface area (Å²) in [5.41, 5.74) is 11.2. The summed E-state index contributed by atoms with van der Waals surface area (Å²) in [4.78, 5) is 1.83. The molecule has 0 radical (unpaired) electrons. The van der Waals surface area contributed by atoms with Gasteiger partial charge >= 0.3 is 0 Å². The first-order valence-corrected chi connectivity index (χ1v) is 19.3. The van der Waals surface area contributed by atoms with Crippen LogP contribution in [0.25, 0.3) is 82.5 Å². The Morgan fingerprint density at radius 3 is 1.23 bits per heavy atom. The molecule has 0 unspecified atom stereocenters. The van der Waals surface area contributed by atoms with E-state index in [1.54, 1.807) is 12.1 Å². The van der Waals surface area contributed by atoms with Crippen LogP contribution in [0.1, 0.15) is 11.1 Å². The van der Waals surface area contributed by atoms with Crippen LogP contribution in [0, 0.1) is 22.7 Å². The summed E-state index contributed by atoms with van der Waals surface area (Å²) >= 11 is 1.53. The third kappa shape index (κ3) is 4.61. The molecule has 0 bridgehead atoms. The first kappa shape index (κ1) is 32.0. The van der Waals surface area contributed by atoms with Gasteiger partial charge in [0.15, 0.2) is 0 Å². The predicted molar refractivity (Wildman–Crippen MR) is 229 cm³/mol. The van der Waals surface area contributed by atoms with E-state index in [1.807, 2.05) is 6.07 Å². The second-order valence-corrected chi connectivity index (χ2v) is 15.0. The van der Waals surface area contributed by atoms with Crippen LogP contribution in [0.5, 0.6) is 0 Å². The van der Waals surface area contributed by atoms with Gasteiger partial charge in [0.1, 0.15) is 6.07 Å². The molecule has 3 heterocycles. The first-order chi connectivity index (χ1) is 27.7. The lowest BCUT2D eigenvalue weighted by Crippen LogP contribution is -1.98. The number of nitrogens with zero attached hydrogens (tertiary/aromatic N) is 5. The Kier molecular flexibility index (Phi) is 7.16. The van der Waals surface area contributed by atoms with Crippen LogP contribution in [-0.2, 0) is 0 Å². The molecule has 0 atom stereocenters. The Bertz CT molecular complexity index is 3380. The van der Waals surface area contributed by atoms with E-state index in [9.17, 15) is 10.5 Å². The highest BCUT2D eigenvalue weighted by Crippen LogP contribution is 2.50. The van der Waals surface area contributed by atoms with E-state index >= 15 is 0 Å². The van der Waals surface area contributed by atoms with Crippen LogP contribution in [0.2, 0.25) is 0 Å². The molecule has 56 heavy (non-hydrogen) atoms. The van der Waals surface area contributed by atoms with Gasteiger partial charge in [0.05, 0.1) is 50.3 Å². The Labute approximate surface area is 326 Å². The molecule has 0 aliphatic heterocycles. The van der Waals surface area contributed by atoms with E-state index in [2.05, 4.69) is 184 Å². The summed E-state index contributed by atoms with van der Waals surface area (Å²) in [5.74, 6) is 0. The maximum atomic E-state index is 9.86. The zero-order valence-electron chi connectivity index (χ0n) is 29.9. The van der Waals surface area contributed by atoms with E-state index in [0.29, 0.717) is 11.1 Å². The highest BCUT2D eigenvalue weighted by molar-refractivity contribution is 7.99. The summed E-state index contributed by atoms with van der Waals surface area (Å²) in [6.45, 7) is 0. The monoisotopic (exact) mass is 731 g/mol. The topological polar surface area (TPSA) is 62.4 Å². The summed E-state index contributed by atoms with van der Waals surface area (Å²) in [7, 11) is 0. The van der Waals surface area contributed by atoms with Gasteiger partial charge in [-0.3, -0.25) is 0 Å². The van der Waals surface area contributed by atoms with Crippen LogP contribution in [0.4, 0.5) is 0 Å². The Morgan fingerprint density at radius 2 is 0.804 bits per heavy atom. The highest BCUT2D eigenvalue weighted by Gasteiger charge is 2.28. The lowest BCUT2D eigenvalue weighted by molar-refractivity contribution is 1.17. The zero-order valence-corrected chi connectivity index (χ0v) is 30.7. The predicted octanol–water partition coefficient (Wildman–Crippen LogP) is 12.9. The van der Waals surface area contributed by atoms with Crippen molar-refractivity contribution in [3.8, 4) is 29.2 Å². The highest BCUT2D eigenvalue weighted by atomic mass is 32.2. The second kappa shape index (κ2) is 12.5. The number of aromatic nitrogens is 3. The average Bonchev–Trinajstić information content (AvgIpc) is 3.91. The molecule has 0 saturated carbocycles. The van der Waals surface area contributed by atoms with Gasteiger partial charge in [0.2, 0.25) is 0 Å². The maximum Gasteiger partial charge on any atom is 0.100 e. The second-order valence-electron chi connectivity index (χ2n) is 13.9. The van der Waals surface area contributed by atoms with Gasteiger partial charge < -0.3 is 13.7 Å². The minimum absolute atomic E-state index is 0.480. The minimum atomic E-state index is 0.480. The largest absolute Gasteiger partial charge is 0.308 e. The van der Waals surface area contributed by atoms with Gasteiger partial charge in [0, 0.05) is 59.2 Å². The van der Waals surface area contributed by atoms with E-state index in [1.165, 1.54) is 55.1 Å². The van der Waals surface area contributed by atoms with Crippen molar-refractivity contribution in [3.63, 3.8) is 0 Å². The quantitative estimate of drug-likeness (QED) is 0.177. The van der Waals surface area contributed by atoms with Crippen LogP contribution in [0.15, 0.2) is 186 Å². The van der Waals surface area contributed by atoms with E-state index < -0.39 is 0 Å². The molecule has 8 aromatic carbocycles. The summed E-state index contributed by atoms with van der Waals surface area (Å²) < 4.78 is 7.36. The van der Waals surface area contributed by atoms with E-state index in [0.717, 1.165) is 48.9 Å². The van der Waals surface area contributed by atoms with Crippen LogP contribution in [-0.4, -0.2) is 13.7 Å². The standard InChI is InChI=1S/C50H29N5S/c51-30-32-23-28-44(33(29-32)31-52)56-37-26-24-36(25-27-37)55-43-22-12-9-19-40(43)47-49-45(38-17-7-10-20-41(38)53(49)34-13-3-1-4-14-34)48-46(50(47)55)39-18-8-11-21-42(39)54(48)35-15-5-2-6-16-35/h1-29H. The molecule has 0 spiro atoms. The van der Waals surface area contributed by atoms with Crippen molar-refractivity contribution in [2.45, 2.75) is 9.79 Å². The van der Waals surface area contributed by atoms with Gasteiger partial charge in [-0.2, -0.15) is 10.5 Å². The Morgan fingerprint density at radius 1 is 0.393 bits per heavy atom. The summed E-state index contributed by atoms with van der Waals surface area (Å²) in [5, 5.41) is 26.4. The third-order valence-electron chi connectivity index (χ3n) is 10.9. The van der Waals surface area contributed by atoms with Crippen molar-refractivity contribution < 1.29 is 0 Å². The maximum absolute atomic E-state index is 9.86. The van der Waals surface area contributed by atoms with Gasteiger partial charge in [-0.05, 0) is 84.9 Å². The van der Waals surface area contributed by atoms with Crippen molar-refractivity contribution in [1.82, 2.24) is 13.7 Å². The van der Waals surface area contributed by atoms with Crippen molar-refractivity contribution >= 4 is 77.2 Å². The molecule has 0 aliphatic carbocycles. The van der Waals surface area contributed by atoms with Gasteiger partial charge in [-0.15, -0.1) is 0 Å². The summed E-state index contributed by atoms with van der Waals surface area (Å²) in [6, 6.07) is 66.2. The van der Waals surface area contributed by atoms with Crippen molar-refractivity contribution in [2.75, 3.05) is 0 Å². The minimum Gasteiger partial charge on any atom is -0.308 e. The molecule has 0 fully saturated rings. The fraction of sp³-hybridized carbons (Fsp3) is 0. The van der Waals surface area contributed by atoms with E-state index in [4.69, 9.17) is 0 Å². The van der Waals surface area contributed by atoms with Crippen molar-refractivity contribution in [2.24, 2.45) is 0 Å². The number of rotatable bonds is 5. The number of hydrogen-bond acceptors (Lipinski definition) is 3. The first-order valence-electron chi connectivity index (χ1n) is 18.5. The number of para-hydroxylation sites is 5. The van der Waals surface area contributed by atoms with Crippen LogP contribution < -0.4 is 0 Å².